The van der Waals surface area contributed by atoms with E-state index in [1.54, 1.807) is 32.3 Å². The standard InChI is InChI=1S/C25H26N4O3/c1-14(2)18-7-9-19(10-8-18)22-21(23(30)20-15(3)27-28-16(20)4)24(31)25(32)29(22)13-17-6-5-11-26-12-17/h5-12,14,22,30H,13H2,1-4H3,(H,27,28)/b23-21+/t22-/m1/s1. The second-order valence-corrected chi connectivity index (χ2v) is 8.42. The molecule has 0 unspecified atom stereocenters. The number of likely N-dealkylation sites (tertiary alicyclic amines) is 1. The normalized spacial score (nSPS) is 18.0. The molecule has 3 aromatic rings. The Labute approximate surface area is 186 Å². The highest BCUT2D eigenvalue weighted by Gasteiger charge is 2.46. The number of carbonyl (C=O) groups is 2. The Bertz CT molecular complexity index is 1170. The van der Waals surface area contributed by atoms with Crippen molar-refractivity contribution >= 4 is 17.4 Å². The van der Waals surface area contributed by atoms with Crippen LogP contribution in [0.25, 0.3) is 5.76 Å². The summed E-state index contributed by atoms with van der Waals surface area (Å²) in [7, 11) is 0. The molecule has 2 N–H and O–H groups in total. The van der Waals surface area contributed by atoms with E-state index in [9.17, 15) is 14.7 Å². The summed E-state index contributed by atoms with van der Waals surface area (Å²) in [6.07, 6.45) is 3.33. The average Bonchev–Trinajstić information content (AvgIpc) is 3.25. The van der Waals surface area contributed by atoms with E-state index in [-0.39, 0.29) is 17.9 Å². The molecule has 1 aromatic carbocycles. The summed E-state index contributed by atoms with van der Waals surface area (Å²) < 4.78 is 0. The predicted octanol–water partition coefficient (Wildman–Crippen LogP) is 4.17. The first-order valence-electron chi connectivity index (χ1n) is 10.6. The quantitative estimate of drug-likeness (QED) is 0.360. The molecule has 1 saturated heterocycles. The van der Waals surface area contributed by atoms with Crippen molar-refractivity contribution in [1.82, 2.24) is 20.1 Å². The van der Waals surface area contributed by atoms with Gasteiger partial charge in [0.1, 0.15) is 5.76 Å². The van der Waals surface area contributed by atoms with E-state index in [4.69, 9.17) is 0 Å². The molecule has 1 atom stereocenters. The molecule has 2 aromatic heterocycles. The van der Waals surface area contributed by atoms with Crippen molar-refractivity contribution in [2.24, 2.45) is 0 Å². The predicted molar refractivity (Wildman–Crippen MR) is 121 cm³/mol. The number of aryl methyl sites for hydroxylation is 2. The number of aromatic nitrogens is 3. The number of amides is 1. The van der Waals surface area contributed by atoms with Gasteiger partial charge in [0.25, 0.3) is 11.7 Å². The highest BCUT2D eigenvalue weighted by Crippen LogP contribution is 2.41. The number of aliphatic hydroxyl groups is 1. The van der Waals surface area contributed by atoms with Gasteiger partial charge in [0.05, 0.1) is 22.9 Å². The highest BCUT2D eigenvalue weighted by molar-refractivity contribution is 6.46. The van der Waals surface area contributed by atoms with E-state index >= 15 is 0 Å². The van der Waals surface area contributed by atoms with Crippen molar-refractivity contribution < 1.29 is 14.7 Å². The first kappa shape index (κ1) is 21.5. The maximum atomic E-state index is 13.2. The number of carbonyl (C=O) groups excluding carboxylic acids is 2. The molecule has 32 heavy (non-hydrogen) atoms. The van der Waals surface area contributed by atoms with Gasteiger partial charge in [-0.3, -0.25) is 19.7 Å². The molecule has 7 heteroatoms. The number of benzene rings is 1. The number of aliphatic hydroxyl groups excluding tert-OH is 1. The Kier molecular flexibility index (Phi) is 5.65. The fourth-order valence-electron chi connectivity index (χ4n) is 4.18. The number of ketones is 1. The fourth-order valence-corrected chi connectivity index (χ4v) is 4.18. The Morgan fingerprint density at radius 2 is 1.88 bits per heavy atom. The van der Waals surface area contributed by atoms with Gasteiger partial charge >= 0.3 is 0 Å². The lowest BCUT2D eigenvalue weighted by Gasteiger charge is -2.25. The summed E-state index contributed by atoms with van der Waals surface area (Å²) in [6.45, 7) is 7.93. The van der Waals surface area contributed by atoms with Crippen LogP contribution in [0.3, 0.4) is 0 Å². The van der Waals surface area contributed by atoms with Gasteiger partial charge in [-0.1, -0.05) is 44.2 Å². The summed E-state index contributed by atoms with van der Waals surface area (Å²) in [5.74, 6) is -1.21. The van der Waals surface area contributed by atoms with Crippen LogP contribution in [0.1, 0.15) is 59.4 Å². The average molecular weight is 431 g/mol. The van der Waals surface area contributed by atoms with Crippen LogP contribution in [-0.4, -0.2) is 36.9 Å². The lowest BCUT2D eigenvalue weighted by molar-refractivity contribution is -0.140. The SMILES string of the molecule is Cc1n[nH]c(C)c1/C(O)=C1\C(=O)C(=O)N(Cc2cccnc2)[C@@H]1c1ccc(C(C)C)cc1. The van der Waals surface area contributed by atoms with Gasteiger partial charge in [-0.05, 0) is 42.5 Å². The number of hydrogen-bond acceptors (Lipinski definition) is 5. The second-order valence-electron chi connectivity index (χ2n) is 8.42. The number of Topliss-reactive ketones (excluding diaryl/α,β-unsaturated/α-hetero) is 1. The molecule has 164 valence electrons. The monoisotopic (exact) mass is 430 g/mol. The molecule has 1 aliphatic rings. The second kappa shape index (κ2) is 8.42. The molecule has 7 nitrogen and oxygen atoms in total. The van der Waals surface area contributed by atoms with Crippen molar-refractivity contribution in [2.75, 3.05) is 0 Å². The van der Waals surface area contributed by atoms with E-state index in [0.717, 1.165) is 16.7 Å². The largest absolute Gasteiger partial charge is 0.507 e. The molecule has 0 aliphatic carbocycles. The maximum Gasteiger partial charge on any atom is 0.295 e. The van der Waals surface area contributed by atoms with Crippen LogP contribution >= 0.6 is 0 Å². The van der Waals surface area contributed by atoms with E-state index in [1.807, 2.05) is 30.3 Å². The van der Waals surface area contributed by atoms with E-state index in [1.165, 1.54) is 4.90 Å². The van der Waals surface area contributed by atoms with Crippen LogP contribution in [0.4, 0.5) is 0 Å². The minimum Gasteiger partial charge on any atom is -0.507 e. The van der Waals surface area contributed by atoms with Gasteiger partial charge in [0, 0.05) is 24.6 Å². The topological polar surface area (TPSA) is 99.2 Å². The summed E-state index contributed by atoms with van der Waals surface area (Å²) in [5, 5.41) is 18.2. The Morgan fingerprint density at radius 3 is 2.44 bits per heavy atom. The Morgan fingerprint density at radius 1 is 1.16 bits per heavy atom. The molecular formula is C25H26N4O3. The van der Waals surface area contributed by atoms with Crippen LogP contribution in [-0.2, 0) is 16.1 Å². The summed E-state index contributed by atoms with van der Waals surface area (Å²) >= 11 is 0. The third-order valence-corrected chi connectivity index (χ3v) is 5.90. The molecular weight excluding hydrogens is 404 g/mol. The number of nitrogens with one attached hydrogen (secondary N) is 1. The molecule has 0 bridgehead atoms. The number of hydrogen-bond donors (Lipinski definition) is 2. The number of H-pyrrole nitrogens is 1. The van der Waals surface area contributed by atoms with E-state index in [2.05, 4.69) is 29.0 Å². The number of aromatic amines is 1. The minimum atomic E-state index is -0.717. The zero-order valence-corrected chi connectivity index (χ0v) is 18.6. The summed E-state index contributed by atoms with van der Waals surface area (Å²) in [5.41, 5.74) is 4.43. The fraction of sp³-hybridized carbons (Fsp3) is 0.280. The lowest BCUT2D eigenvalue weighted by atomic mass is 9.92. The van der Waals surface area contributed by atoms with Gasteiger partial charge in [-0.25, -0.2) is 0 Å². The number of nitrogens with zero attached hydrogens (tertiary/aromatic N) is 3. The van der Waals surface area contributed by atoms with Crippen LogP contribution in [0.5, 0.6) is 0 Å². The smallest absolute Gasteiger partial charge is 0.295 e. The van der Waals surface area contributed by atoms with Gasteiger partial charge in [0.2, 0.25) is 0 Å². The van der Waals surface area contributed by atoms with E-state index in [0.29, 0.717) is 22.9 Å². The lowest BCUT2D eigenvalue weighted by Crippen LogP contribution is -2.29. The van der Waals surface area contributed by atoms with Crippen molar-refractivity contribution in [1.29, 1.82) is 0 Å². The third kappa shape index (κ3) is 3.70. The maximum absolute atomic E-state index is 13.2. The molecule has 4 rings (SSSR count). The van der Waals surface area contributed by atoms with Gasteiger partial charge in [-0.15, -0.1) is 0 Å². The van der Waals surface area contributed by atoms with Gasteiger partial charge < -0.3 is 10.0 Å². The molecule has 0 radical (unpaired) electrons. The van der Waals surface area contributed by atoms with Crippen molar-refractivity contribution in [2.45, 2.75) is 46.2 Å². The molecule has 1 aliphatic heterocycles. The van der Waals surface area contributed by atoms with Crippen LogP contribution in [0, 0.1) is 13.8 Å². The zero-order valence-electron chi connectivity index (χ0n) is 18.6. The van der Waals surface area contributed by atoms with Crippen LogP contribution in [0.2, 0.25) is 0 Å². The summed E-state index contributed by atoms with van der Waals surface area (Å²) in [4.78, 5) is 31.9. The van der Waals surface area contributed by atoms with Crippen LogP contribution < -0.4 is 0 Å². The first-order chi connectivity index (χ1) is 15.3. The number of rotatable bonds is 5. The first-order valence-corrected chi connectivity index (χ1v) is 10.6. The highest BCUT2D eigenvalue weighted by atomic mass is 16.3. The molecule has 1 fully saturated rings. The summed E-state index contributed by atoms with van der Waals surface area (Å²) in [6, 6.07) is 10.8. The number of pyridine rings is 1. The van der Waals surface area contributed by atoms with Gasteiger partial charge in [-0.2, -0.15) is 5.10 Å². The molecule has 3 heterocycles. The third-order valence-electron chi connectivity index (χ3n) is 5.90. The Hall–Kier alpha value is -3.74. The van der Waals surface area contributed by atoms with Crippen molar-refractivity contribution in [3.8, 4) is 0 Å². The Balaban J connectivity index is 1.88. The zero-order chi connectivity index (χ0) is 23.0. The molecule has 0 saturated carbocycles. The van der Waals surface area contributed by atoms with E-state index < -0.39 is 17.7 Å². The van der Waals surface area contributed by atoms with Crippen LogP contribution in [0.15, 0.2) is 54.4 Å². The van der Waals surface area contributed by atoms with Gasteiger partial charge in [0.15, 0.2) is 0 Å². The minimum absolute atomic E-state index is 0.0730. The molecule has 0 spiro atoms. The van der Waals surface area contributed by atoms with Crippen molar-refractivity contribution in [3.63, 3.8) is 0 Å². The molecule has 1 amide bonds. The van der Waals surface area contributed by atoms with Crippen molar-refractivity contribution in [3.05, 3.63) is 88.0 Å².